The maximum absolute atomic E-state index is 13.7. The van der Waals surface area contributed by atoms with Crippen molar-refractivity contribution in [2.45, 2.75) is 31.7 Å². The van der Waals surface area contributed by atoms with Gasteiger partial charge in [0.25, 0.3) is 0 Å². The predicted octanol–water partition coefficient (Wildman–Crippen LogP) is 3.31. The van der Waals surface area contributed by atoms with Gasteiger partial charge in [0.15, 0.2) is 11.6 Å². The van der Waals surface area contributed by atoms with Crippen LogP contribution in [0.25, 0.3) is 0 Å². The minimum absolute atomic E-state index is 0.0377. The van der Waals surface area contributed by atoms with Crippen LogP contribution in [-0.4, -0.2) is 19.7 Å². The quantitative estimate of drug-likeness (QED) is 0.855. The van der Waals surface area contributed by atoms with E-state index in [9.17, 15) is 8.78 Å². The molecular weight excluding hydrogens is 260 g/mol. The number of halogens is 3. The van der Waals surface area contributed by atoms with Crippen molar-refractivity contribution in [1.82, 2.24) is 5.32 Å². The second-order valence-electron chi connectivity index (χ2n) is 4.53. The summed E-state index contributed by atoms with van der Waals surface area (Å²) >= 11 is 5.67. The van der Waals surface area contributed by atoms with Gasteiger partial charge in [0, 0.05) is 11.6 Å². The third-order valence-electron chi connectivity index (χ3n) is 3.28. The Balaban J connectivity index is 2.25. The van der Waals surface area contributed by atoms with Gasteiger partial charge in [-0.05, 0) is 31.9 Å². The Kier molecular flexibility index (Phi) is 4.40. The van der Waals surface area contributed by atoms with Crippen LogP contribution in [0.15, 0.2) is 6.07 Å². The van der Waals surface area contributed by atoms with E-state index in [1.165, 1.54) is 13.2 Å². The fourth-order valence-corrected chi connectivity index (χ4v) is 2.58. The van der Waals surface area contributed by atoms with Crippen molar-refractivity contribution >= 4 is 11.6 Å². The summed E-state index contributed by atoms with van der Waals surface area (Å²) in [5.74, 6) is -2.09. The second-order valence-corrected chi connectivity index (χ2v) is 4.94. The van der Waals surface area contributed by atoms with Gasteiger partial charge in [0.2, 0.25) is 5.82 Å². The maximum atomic E-state index is 13.7. The molecule has 0 amide bonds. The van der Waals surface area contributed by atoms with Crippen LogP contribution in [0.5, 0.6) is 5.75 Å². The smallest absolute Gasteiger partial charge is 0.202 e. The number of hydrogen-bond acceptors (Lipinski definition) is 2. The van der Waals surface area contributed by atoms with Crippen LogP contribution in [0.2, 0.25) is 5.02 Å². The first-order chi connectivity index (χ1) is 8.63. The fraction of sp³-hybridized carbons (Fsp3) is 0.538. The molecule has 0 aromatic heterocycles. The molecule has 1 fully saturated rings. The van der Waals surface area contributed by atoms with Crippen LogP contribution in [0.3, 0.4) is 0 Å². The summed E-state index contributed by atoms with van der Waals surface area (Å²) in [5.41, 5.74) is 0.612. The van der Waals surface area contributed by atoms with Crippen molar-refractivity contribution in [3.63, 3.8) is 0 Å². The number of hydrogen-bond donors (Lipinski definition) is 1. The van der Waals surface area contributed by atoms with Crippen molar-refractivity contribution in [3.8, 4) is 5.75 Å². The summed E-state index contributed by atoms with van der Waals surface area (Å²) in [6, 6.07) is 1.73. The van der Waals surface area contributed by atoms with Crippen LogP contribution < -0.4 is 10.1 Å². The van der Waals surface area contributed by atoms with E-state index >= 15 is 0 Å². The van der Waals surface area contributed by atoms with Gasteiger partial charge in [-0.3, -0.25) is 0 Å². The SMILES string of the molecule is COc1c(CC2CCCCN2)cc(Cl)c(F)c1F. The average molecular weight is 276 g/mol. The highest BCUT2D eigenvalue weighted by Crippen LogP contribution is 2.31. The van der Waals surface area contributed by atoms with Crippen molar-refractivity contribution in [2.24, 2.45) is 0 Å². The van der Waals surface area contributed by atoms with Crippen LogP contribution in [-0.2, 0) is 6.42 Å². The molecule has 1 aliphatic heterocycles. The summed E-state index contributed by atoms with van der Waals surface area (Å²) in [6.45, 7) is 0.963. The Bertz CT molecular complexity index is 433. The summed E-state index contributed by atoms with van der Waals surface area (Å²) in [5, 5.41) is 3.16. The zero-order chi connectivity index (χ0) is 13.1. The molecule has 0 aliphatic carbocycles. The Labute approximate surface area is 110 Å². The van der Waals surface area contributed by atoms with Gasteiger partial charge in [-0.1, -0.05) is 18.0 Å². The molecule has 0 saturated carbocycles. The number of methoxy groups -OCH3 is 1. The van der Waals surface area contributed by atoms with Gasteiger partial charge in [0.05, 0.1) is 12.1 Å². The Morgan fingerprint density at radius 2 is 2.17 bits per heavy atom. The molecular formula is C13H16ClF2NO. The van der Waals surface area contributed by atoms with Crippen molar-refractivity contribution in [3.05, 3.63) is 28.3 Å². The number of benzene rings is 1. The van der Waals surface area contributed by atoms with Crippen LogP contribution in [0, 0.1) is 11.6 Å². The van der Waals surface area contributed by atoms with E-state index in [0.717, 1.165) is 25.8 Å². The lowest BCUT2D eigenvalue weighted by Crippen LogP contribution is -2.35. The van der Waals surface area contributed by atoms with Gasteiger partial charge in [-0.2, -0.15) is 4.39 Å². The number of piperidine rings is 1. The normalized spacial score (nSPS) is 19.9. The standard InChI is InChI=1S/C13H16ClF2NO/c1-18-13-8(6-9-4-2-3-5-17-9)7-10(14)11(15)12(13)16/h7,9,17H,2-6H2,1H3. The van der Waals surface area contributed by atoms with E-state index in [0.29, 0.717) is 12.0 Å². The zero-order valence-corrected chi connectivity index (χ0v) is 11.0. The van der Waals surface area contributed by atoms with Crippen molar-refractivity contribution in [1.29, 1.82) is 0 Å². The van der Waals surface area contributed by atoms with Gasteiger partial charge in [-0.25, -0.2) is 4.39 Å². The second kappa shape index (κ2) is 5.85. The largest absolute Gasteiger partial charge is 0.493 e. The predicted molar refractivity (Wildman–Crippen MR) is 67.3 cm³/mol. The minimum Gasteiger partial charge on any atom is -0.493 e. The fourth-order valence-electron chi connectivity index (χ4n) is 2.36. The lowest BCUT2D eigenvalue weighted by atomic mass is 9.97. The lowest BCUT2D eigenvalue weighted by molar-refractivity contribution is 0.356. The van der Waals surface area contributed by atoms with E-state index in [1.54, 1.807) is 0 Å². The monoisotopic (exact) mass is 275 g/mol. The first kappa shape index (κ1) is 13.6. The highest BCUT2D eigenvalue weighted by molar-refractivity contribution is 6.30. The lowest BCUT2D eigenvalue weighted by Gasteiger charge is -2.24. The number of ether oxygens (including phenoxy) is 1. The van der Waals surface area contributed by atoms with Crippen LogP contribution >= 0.6 is 11.6 Å². The Hall–Kier alpha value is -0.870. The molecule has 1 aliphatic rings. The molecule has 0 bridgehead atoms. The van der Waals surface area contributed by atoms with Gasteiger partial charge in [-0.15, -0.1) is 0 Å². The molecule has 0 spiro atoms. The molecule has 5 heteroatoms. The van der Waals surface area contributed by atoms with Gasteiger partial charge >= 0.3 is 0 Å². The number of nitrogens with one attached hydrogen (secondary N) is 1. The van der Waals surface area contributed by atoms with E-state index in [2.05, 4.69) is 5.32 Å². The third kappa shape index (κ3) is 2.75. The molecule has 2 nitrogen and oxygen atoms in total. The van der Waals surface area contributed by atoms with Crippen molar-refractivity contribution in [2.75, 3.05) is 13.7 Å². The van der Waals surface area contributed by atoms with E-state index in [1.807, 2.05) is 0 Å². The van der Waals surface area contributed by atoms with Crippen molar-refractivity contribution < 1.29 is 13.5 Å². The molecule has 1 saturated heterocycles. The van der Waals surface area contributed by atoms with Crippen LogP contribution in [0.4, 0.5) is 8.78 Å². The molecule has 1 heterocycles. The Morgan fingerprint density at radius 3 is 2.78 bits per heavy atom. The third-order valence-corrected chi connectivity index (χ3v) is 3.55. The molecule has 1 aromatic carbocycles. The average Bonchev–Trinajstić information content (AvgIpc) is 2.38. The van der Waals surface area contributed by atoms with E-state index in [4.69, 9.17) is 16.3 Å². The Morgan fingerprint density at radius 1 is 1.39 bits per heavy atom. The maximum Gasteiger partial charge on any atom is 0.202 e. The van der Waals surface area contributed by atoms with E-state index < -0.39 is 11.6 Å². The minimum atomic E-state index is -1.05. The first-order valence-electron chi connectivity index (χ1n) is 6.07. The molecule has 1 unspecified atom stereocenters. The number of rotatable bonds is 3. The zero-order valence-electron chi connectivity index (χ0n) is 10.2. The first-order valence-corrected chi connectivity index (χ1v) is 6.45. The van der Waals surface area contributed by atoms with Gasteiger partial charge < -0.3 is 10.1 Å². The highest BCUT2D eigenvalue weighted by Gasteiger charge is 2.21. The molecule has 18 heavy (non-hydrogen) atoms. The van der Waals surface area contributed by atoms with Crippen LogP contribution in [0.1, 0.15) is 24.8 Å². The highest BCUT2D eigenvalue weighted by atomic mass is 35.5. The molecule has 0 radical (unpaired) electrons. The molecule has 1 atom stereocenters. The topological polar surface area (TPSA) is 21.3 Å². The summed E-state index contributed by atoms with van der Waals surface area (Å²) in [7, 11) is 1.34. The summed E-state index contributed by atoms with van der Waals surface area (Å²) < 4.78 is 32.0. The molecule has 1 aromatic rings. The summed E-state index contributed by atoms with van der Waals surface area (Å²) in [4.78, 5) is 0. The summed E-state index contributed by atoms with van der Waals surface area (Å²) in [6.07, 6.45) is 3.93. The van der Waals surface area contributed by atoms with E-state index in [-0.39, 0.29) is 16.8 Å². The van der Waals surface area contributed by atoms with Gasteiger partial charge in [0.1, 0.15) is 0 Å². The molecule has 1 N–H and O–H groups in total. The molecule has 100 valence electrons. The molecule has 2 rings (SSSR count).